The third kappa shape index (κ3) is 5.46. The van der Waals surface area contributed by atoms with Crippen LogP contribution in [0.4, 0.5) is 0 Å². The molecule has 0 aromatic rings. The van der Waals surface area contributed by atoms with E-state index < -0.39 is 0 Å². The van der Waals surface area contributed by atoms with Crippen LogP contribution in [0.1, 0.15) is 55.4 Å². The molecule has 0 heterocycles. The molecule has 0 N–H and O–H groups in total. The molecule has 3 heteroatoms. The Bertz CT molecular complexity index is 143. The Balaban J connectivity index is 4.27. The lowest BCUT2D eigenvalue weighted by Gasteiger charge is -2.36. The van der Waals surface area contributed by atoms with E-state index in [4.69, 9.17) is 0 Å². The van der Waals surface area contributed by atoms with Crippen LogP contribution in [-0.4, -0.2) is 49.5 Å². The van der Waals surface area contributed by atoms with Gasteiger partial charge in [-0.1, -0.05) is 27.7 Å². The van der Waals surface area contributed by atoms with Crippen molar-refractivity contribution in [3.05, 3.63) is 0 Å². The van der Waals surface area contributed by atoms with Crippen molar-refractivity contribution < 1.29 is 0 Å². The standard InChI is InChI=1S/C13H32N2Si/c1-10(2)14(11(3)4)9-16-15(12(5)6)13(7)8/h10-13H,9,16H2,1-8H3. The normalized spacial score (nSPS) is 13.9. The van der Waals surface area contributed by atoms with E-state index in [9.17, 15) is 0 Å². The average Bonchev–Trinajstić information content (AvgIpc) is 2.09. The van der Waals surface area contributed by atoms with E-state index in [1.807, 2.05) is 0 Å². The fourth-order valence-corrected chi connectivity index (χ4v) is 4.98. The second kappa shape index (κ2) is 7.46. The summed E-state index contributed by atoms with van der Waals surface area (Å²) < 4.78 is 2.71. The van der Waals surface area contributed by atoms with Crippen LogP contribution in [0.15, 0.2) is 0 Å². The van der Waals surface area contributed by atoms with Crippen molar-refractivity contribution in [2.45, 2.75) is 79.6 Å². The Labute approximate surface area is 105 Å². The fraction of sp³-hybridized carbons (Fsp3) is 1.00. The third-order valence-corrected chi connectivity index (χ3v) is 5.96. The molecule has 0 radical (unpaired) electrons. The molecule has 0 unspecified atom stereocenters. The molecule has 0 aromatic heterocycles. The van der Waals surface area contributed by atoms with Crippen LogP contribution in [0, 0.1) is 0 Å². The van der Waals surface area contributed by atoms with E-state index in [0.717, 1.165) is 0 Å². The van der Waals surface area contributed by atoms with Gasteiger partial charge >= 0.3 is 0 Å². The highest BCUT2D eigenvalue weighted by Crippen LogP contribution is 2.07. The van der Waals surface area contributed by atoms with Gasteiger partial charge in [0.05, 0.1) is 0 Å². The first-order chi connectivity index (χ1) is 7.27. The number of hydrogen-bond acceptors (Lipinski definition) is 2. The first-order valence-electron chi connectivity index (χ1n) is 6.78. The van der Waals surface area contributed by atoms with Crippen molar-refractivity contribution in [1.29, 1.82) is 0 Å². The second-order valence-electron chi connectivity index (χ2n) is 5.85. The van der Waals surface area contributed by atoms with Crippen molar-refractivity contribution >= 4 is 9.68 Å². The van der Waals surface area contributed by atoms with Crippen molar-refractivity contribution in [3.8, 4) is 0 Å². The highest BCUT2D eigenvalue weighted by molar-refractivity contribution is 6.32. The zero-order valence-electron chi connectivity index (χ0n) is 12.6. The summed E-state index contributed by atoms with van der Waals surface area (Å²) in [7, 11) is -0.143. The molecular weight excluding hydrogens is 212 g/mol. The molecule has 0 amide bonds. The quantitative estimate of drug-likeness (QED) is 0.634. The SMILES string of the molecule is CC(C)N(C[SiH2]N(C(C)C)C(C)C)C(C)C. The Morgan fingerprint density at radius 3 is 1.31 bits per heavy atom. The van der Waals surface area contributed by atoms with Gasteiger partial charge in [-0.2, -0.15) is 0 Å². The van der Waals surface area contributed by atoms with Gasteiger partial charge in [-0.25, -0.2) is 0 Å². The lowest BCUT2D eigenvalue weighted by molar-refractivity contribution is 0.197. The highest BCUT2D eigenvalue weighted by Gasteiger charge is 2.18. The van der Waals surface area contributed by atoms with Gasteiger partial charge in [0.2, 0.25) is 0 Å². The molecule has 0 aliphatic heterocycles. The van der Waals surface area contributed by atoms with Crippen LogP contribution in [0.5, 0.6) is 0 Å². The van der Waals surface area contributed by atoms with Crippen molar-refractivity contribution in [3.63, 3.8) is 0 Å². The zero-order valence-corrected chi connectivity index (χ0v) is 14.0. The topological polar surface area (TPSA) is 6.48 Å². The maximum atomic E-state index is 2.71. The minimum Gasteiger partial charge on any atom is -0.324 e. The summed E-state index contributed by atoms with van der Waals surface area (Å²) in [5.41, 5.74) is 0. The van der Waals surface area contributed by atoms with E-state index in [0.29, 0.717) is 24.2 Å². The first kappa shape index (κ1) is 16.1. The van der Waals surface area contributed by atoms with Crippen molar-refractivity contribution in [2.75, 3.05) is 6.17 Å². The molecule has 0 aromatic carbocycles. The van der Waals surface area contributed by atoms with Crippen LogP contribution in [0.3, 0.4) is 0 Å². The minimum absolute atomic E-state index is 0.143. The lowest BCUT2D eigenvalue weighted by Crippen LogP contribution is -2.48. The predicted octanol–water partition coefficient (Wildman–Crippen LogP) is 2.27. The summed E-state index contributed by atoms with van der Waals surface area (Å²) in [5.74, 6) is 0. The summed E-state index contributed by atoms with van der Waals surface area (Å²) in [6.07, 6.45) is 1.31. The molecule has 98 valence electrons. The minimum atomic E-state index is -0.143. The van der Waals surface area contributed by atoms with Gasteiger partial charge in [-0.15, -0.1) is 0 Å². The van der Waals surface area contributed by atoms with E-state index >= 15 is 0 Å². The second-order valence-corrected chi connectivity index (χ2v) is 7.48. The van der Waals surface area contributed by atoms with Crippen molar-refractivity contribution in [1.82, 2.24) is 9.47 Å². The molecule has 0 aliphatic rings. The van der Waals surface area contributed by atoms with Crippen LogP contribution in [0.2, 0.25) is 0 Å². The zero-order chi connectivity index (χ0) is 12.9. The molecule has 0 spiro atoms. The number of nitrogens with zero attached hydrogens (tertiary/aromatic N) is 2. The van der Waals surface area contributed by atoms with E-state index in [1.54, 1.807) is 0 Å². The number of rotatable bonds is 7. The van der Waals surface area contributed by atoms with Gasteiger partial charge in [-0.3, -0.25) is 0 Å². The van der Waals surface area contributed by atoms with Gasteiger partial charge in [-0.05, 0) is 39.8 Å². The Kier molecular flexibility index (Phi) is 7.52. The maximum absolute atomic E-state index is 2.71. The molecule has 0 rings (SSSR count). The summed E-state index contributed by atoms with van der Waals surface area (Å²) in [6, 6.07) is 2.75. The first-order valence-corrected chi connectivity index (χ1v) is 8.42. The molecule has 0 aliphatic carbocycles. The van der Waals surface area contributed by atoms with Crippen LogP contribution < -0.4 is 0 Å². The van der Waals surface area contributed by atoms with Crippen molar-refractivity contribution in [2.24, 2.45) is 0 Å². The molecule has 0 bridgehead atoms. The largest absolute Gasteiger partial charge is 0.324 e. The third-order valence-electron chi connectivity index (χ3n) is 3.27. The Morgan fingerprint density at radius 2 is 1.06 bits per heavy atom. The predicted molar refractivity (Wildman–Crippen MR) is 77.6 cm³/mol. The van der Waals surface area contributed by atoms with Crippen LogP contribution >= 0.6 is 0 Å². The molecule has 2 nitrogen and oxygen atoms in total. The van der Waals surface area contributed by atoms with E-state index in [-0.39, 0.29) is 9.68 Å². The molecule has 16 heavy (non-hydrogen) atoms. The van der Waals surface area contributed by atoms with E-state index in [1.165, 1.54) is 6.17 Å². The molecule has 0 atom stereocenters. The Morgan fingerprint density at radius 1 is 0.688 bits per heavy atom. The summed E-state index contributed by atoms with van der Waals surface area (Å²) >= 11 is 0. The lowest BCUT2D eigenvalue weighted by atomic mass is 10.2. The van der Waals surface area contributed by atoms with Crippen LogP contribution in [0.25, 0.3) is 0 Å². The average molecular weight is 244 g/mol. The molecule has 0 fully saturated rings. The van der Waals surface area contributed by atoms with Crippen LogP contribution in [-0.2, 0) is 0 Å². The summed E-state index contributed by atoms with van der Waals surface area (Å²) in [5, 5.41) is 0. The summed E-state index contributed by atoms with van der Waals surface area (Å²) in [6.45, 7) is 18.5. The molecule has 0 saturated heterocycles. The van der Waals surface area contributed by atoms with Gasteiger partial charge in [0, 0.05) is 18.3 Å². The number of hydrogen-bond donors (Lipinski definition) is 0. The van der Waals surface area contributed by atoms with Gasteiger partial charge < -0.3 is 9.47 Å². The molecular formula is C13H32N2Si. The summed E-state index contributed by atoms with van der Waals surface area (Å²) in [4.78, 5) is 2.63. The van der Waals surface area contributed by atoms with Gasteiger partial charge in [0.25, 0.3) is 0 Å². The molecule has 0 saturated carbocycles. The van der Waals surface area contributed by atoms with E-state index in [2.05, 4.69) is 64.9 Å². The maximum Gasteiger partial charge on any atom is 0.109 e. The smallest absolute Gasteiger partial charge is 0.109 e. The fourth-order valence-electron chi connectivity index (χ4n) is 2.46. The highest BCUT2D eigenvalue weighted by atomic mass is 28.2. The van der Waals surface area contributed by atoms with Gasteiger partial charge in [0.1, 0.15) is 9.68 Å². The Hall–Kier alpha value is 0.137. The monoisotopic (exact) mass is 244 g/mol. The van der Waals surface area contributed by atoms with Gasteiger partial charge in [0.15, 0.2) is 0 Å².